The number of fused-ring (bicyclic) bond motifs is 8. The molecule has 1 aliphatic rings. The van der Waals surface area contributed by atoms with Gasteiger partial charge in [-0.25, -0.2) is 0 Å². The second-order valence-electron chi connectivity index (χ2n) is 13.8. The Morgan fingerprint density at radius 2 is 0.788 bits per heavy atom. The van der Waals surface area contributed by atoms with Gasteiger partial charge in [-0.2, -0.15) is 0 Å². The highest BCUT2D eigenvalue weighted by Gasteiger charge is 2.25. The summed E-state index contributed by atoms with van der Waals surface area (Å²) in [5.41, 5.74) is 15.9. The smallest absolute Gasteiger partial charge is 0.0542 e. The van der Waals surface area contributed by atoms with Gasteiger partial charge < -0.3 is 14.0 Å². The Bertz CT molecular complexity index is 2930. The normalized spacial score (nSPS) is 12.5. The lowest BCUT2D eigenvalue weighted by Crippen LogP contribution is -2.18. The molecule has 3 heteroatoms. The molecule has 1 aliphatic heterocycles. The standard InChI is InChI=1S/C49H33N3/c1-2-12-33(13-3-1)34-22-25-37(26-23-34)50-44-18-8-4-14-35(44)30-36-24-27-39(32-49(36)50)52-47-21-11-7-17-42(47)43-31-38(28-29-48(43)52)51-45-19-9-5-15-40(45)41-16-6-10-20-46(41)51/h1-29,31-32H,30H2. The zero-order chi connectivity index (χ0) is 34.2. The van der Waals surface area contributed by atoms with Crippen LogP contribution in [0.25, 0.3) is 66.1 Å². The Kier molecular flexibility index (Phi) is 6.31. The minimum Gasteiger partial charge on any atom is -0.310 e. The van der Waals surface area contributed by atoms with Crippen LogP contribution in [0.1, 0.15) is 11.1 Å². The molecule has 3 heterocycles. The van der Waals surface area contributed by atoms with Crippen molar-refractivity contribution in [3.05, 3.63) is 199 Å². The fraction of sp³-hybridized carbons (Fsp3) is 0.0204. The fourth-order valence-electron chi connectivity index (χ4n) is 8.55. The molecule has 8 aromatic carbocycles. The van der Waals surface area contributed by atoms with E-state index in [4.69, 9.17) is 0 Å². The van der Waals surface area contributed by atoms with E-state index in [1.807, 2.05) is 0 Å². The molecule has 0 spiro atoms. The summed E-state index contributed by atoms with van der Waals surface area (Å²) < 4.78 is 4.85. The van der Waals surface area contributed by atoms with E-state index < -0.39 is 0 Å². The lowest BCUT2D eigenvalue weighted by molar-refractivity contribution is 1.07. The summed E-state index contributed by atoms with van der Waals surface area (Å²) in [7, 11) is 0. The maximum Gasteiger partial charge on any atom is 0.0542 e. The van der Waals surface area contributed by atoms with Crippen LogP contribution in [0.4, 0.5) is 17.1 Å². The zero-order valence-electron chi connectivity index (χ0n) is 28.4. The molecule has 244 valence electrons. The molecule has 2 aromatic heterocycles. The van der Waals surface area contributed by atoms with Crippen molar-refractivity contribution in [3.63, 3.8) is 0 Å². The fourth-order valence-corrected chi connectivity index (χ4v) is 8.55. The van der Waals surface area contributed by atoms with Gasteiger partial charge in [0.15, 0.2) is 0 Å². The van der Waals surface area contributed by atoms with Crippen molar-refractivity contribution in [2.45, 2.75) is 6.42 Å². The predicted molar refractivity (Wildman–Crippen MR) is 218 cm³/mol. The SMILES string of the molecule is c1ccc(-c2ccc(N3c4ccccc4Cc4ccc(-n5c6ccccc6c6cc(-n7c8ccccc8c8ccccc87)ccc65)cc43)cc2)cc1. The van der Waals surface area contributed by atoms with Gasteiger partial charge in [0.2, 0.25) is 0 Å². The van der Waals surface area contributed by atoms with Gasteiger partial charge in [-0.05, 0) is 89.0 Å². The number of aromatic nitrogens is 2. The molecule has 0 atom stereocenters. The largest absolute Gasteiger partial charge is 0.310 e. The lowest BCUT2D eigenvalue weighted by atomic mass is 9.94. The van der Waals surface area contributed by atoms with Gasteiger partial charge in [0, 0.05) is 50.7 Å². The minimum atomic E-state index is 0.902. The van der Waals surface area contributed by atoms with Crippen LogP contribution in [0, 0.1) is 0 Å². The summed E-state index contributed by atoms with van der Waals surface area (Å²) in [4.78, 5) is 2.45. The minimum absolute atomic E-state index is 0.902. The zero-order valence-corrected chi connectivity index (χ0v) is 28.4. The number of rotatable bonds is 4. The van der Waals surface area contributed by atoms with Crippen molar-refractivity contribution in [1.29, 1.82) is 0 Å². The first kappa shape index (κ1) is 28.9. The molecule has 0 radical (unpaired) electrons. The molecule has 3 nitrogen and oxygen atoms in total. The molecular weight excluding hydrogens is 631 g/mol. The monoisotopic (exact) mass is 663 g/mol. The third-order valence-corrected chi connectivity index (χ3v) is 10.9. The van der Waals surface area contributed by atoms with Gasteiger partial charge in [0.05, 0.1) is 27.8 Å². The highest BCUT2D eigenvalue weighted by atomic mass is 15.2. The highest BCUT2D eigenvalue weighted by Crippen LogP contribution is 2.46. The van der Waals surface area contributed by atoms with Crippen LogP contribution in [-0.4, -0.2) is 9.13 Å². The molecule has 52 heavy (non-hydrogen) atoms. The average Bonchev–Trinajstić information content (AvgIpc) is 3.73. The molecule has 0 N–H and O–H groups in total. The molecule has 0 saturated carbocycles. The summed E-state index contributed by atoms with van der Waals surface area (Å²) in [6.45, 7) is 0. The summed E-state index contributed by atoms with van der Waals surface area (Å²) >= 11 is 0. The molecule has 0 amide bonds. The van der Waals surface area contributed by atoms with E-state index in [0.29, 0.717) is 0 Å². The molecule has 11 rings (SSSR count). The van der Waals surface area contributed by atoms with Crippen molar-refractivity contribution < 1.29 is 0 Å². The Morgan fingerprint density at radius 1 is 0.308 bits per heavy atom. The Morgan fingerprint density at radius 3 is 1.48 bits per heavy atom. The first-order chi connectivity index (χ1) is 25.8. The summed E-state index contributed by atoms with van der Waals surface area (Å²) in [5, 5.41) is 5.04. The number of benzene rings is 8. The number of hydrogen-bond acceptors (Lipinski definition) is 1. The second-order valence-corrected chi connectivity index (χ2v) is 13.8. The van der Waals surface area contributed by atoms with Crippen molar-refractivity contribution >= 4 is 60.7 Å². The van der Waals surface area contributed by atoms with E-state index >= 15 is 0 Å². The van der Waals surface area contributed by atoms with E-state index in [1.54, 1.807) is 0 Å². The topological polar surface area (TPSA) is 13.1 Å². The van der Waals surface area contributed by atoms with Crippen molar-refractivity contribution in [2.24, 2.45) is 0 Å². The number of anilines is 3. The third-order valence-electron chi connectivity index (χ3n) is 10.9. The summed E-state index contributed by atoms with van der Waals surface area (Å²) in [5.74, 6) is 0. The van der Waals surface area contributed by atoms with Crippen LogP contribution in [0.5, 0.6) is 0 Å². The molecule has 0 aliphatic carbocycles. The van der Waals surface area contributed by atoms with Gasteiger partial charge in [0.1, 0.15) is 0 Å². The van der Waals surface area contributed by atoms with E-state index in [2.05, 4.69) is 202 Å². The summed E-state index contributed by atoms with van der Waals surface area (Å²) in [6.07, 6.45) is 0.902. The second kappa shape index (κ2) is 11.3. The predicted octanol–water partition coefficient (Wildman–Crippen LogP) is 12.9. The maximum absolute atomic E-state index is 2.45. The number of nitrogens with zero attached hydrogens (tertiary/aromatic N) is 3. The number of hydrogen-bond donors (Lipinski definition) is 0. The van der Waals surface area contributed by atoms with Gasteiger partial charge in [-0.15, -0.1) is 0 Å². The van der Waals surface area contributed by atoms with Gasteiger partial charge in [-0.3, -0.25) is 0 Å². The average molecular weight is 664 g/mol. The van der Waals surface area contributed by atoms with E-state index in [9.17, 15) is 0 Å². The number of para-hydroxylation sites is 4. The Labute approximate surface area is 301 Å². The van der Waals surface area contributed by atoms with Crippen LogP contribution < -0.4 is 4.90 Å². The van der Waals surface area contributed by atoms with Gasteiger partial charge in [-0.1, -0.05) is 121 Å². The van der Waals surface area contributed by atoms with Crippen LogP contribution in [-0.2, 0) is 6.42 Å². The quantitative estimate of drug-likeness (QED) is 0.183. The van der Waals surface area contributed by atoms with Crippen LogP contribution in [0.3, 0.4) is 0 Å². The van der Waals surface area contributed by atoms with Crippen LogP contribution in [0.15, 0.2) is 188 Å². The Hall–Kier alpha value is -6.84. The molecule has 0 unspecified atom stereocenters. The van der Waals surface area contributed by atoms with Crippen LogP contribution in [0.2, 0.25) is 0 Å². The maximum atomic E-state index is 2.45. The van der Waals surface area contributed by atoms with E-state index in [0.717, 1.165) is 17.8 Å². The van der Waals surface area contributed by atoms with Gasteiger partial charge in [0.25, 0.3) is 0 Å². The highest BCUT2D eigenvalue weighted by molar-refractivity contribution is 6.12. The first-order valence-corrected chi connectivity index (χ1v) is 18.0. The van der Waals surface area contributed by atoms with Crippen molar-refractivity contribution in [2.75, 3.05) is 4.90 Å². The van der Waals surface area contributed by atoms with Crippen LogP contribution >= 0.6 is 0 Å². The summed E-state index contributed by atoms with van der Waals surface area (Å²) in [6, 6.07) is 68.7. The third kappa shape index (κ3) is 4.33. The first-order valence-electron chi connectivity index (χ1n) is 18.0. The Balaban J connectivity index is 1.09. The van der Waals surface area contributed by atoms with Crippen molar-refractivity contribution in [1.82, 2.24) is 9.13 Å². The van der Waals surface area contributed by atoms with Gasteiger partial charge >= 0.3 is 0 Å². The van der Waals surface area contributed by atoms with E-state index in [-0.39, 0.29) is 0 Å². The molecular formula is C49H33N3. The molecule has 0 bridgehead atoms. The molecule has 10 aromatic rings. The van der Waals surface area contributed by atoms with E-state index in [1.165, 1.54) is 82.9 Å². The lowest BCUT2D eigenvalue weighted by Gasteiger charge is -2.34. The molecule has 0 fully saturated rings. The van der Waals surface area contributed by atoms with Crippen molar-refractivity contribution in [3.8, 4) is 22.5 Å². The molecule has 0 saturated heterocycles.